The summed E-state index contributed by atoms with van der Waals surface area (Å²) in [6.45, 7) is 1.90. The molecule has 0 saturated carbocycles. The highest BCUT2D eigenvalue weighted by Crippen LogP contribution is 2.05. The molecule has 1 aromatic heterocycles. The molecule has 132 valence electrons. The molecule has 5 nitrogen and oxygen atoms in total. The molecular formula is C17H16ClNO4S2. The summed E-state index contributed by atoms with van der Waals surface area (Å²) in [5.41, 5.74) is 2.70. The molecule has 0 radical (unpaired) electrons. The van der Waals surface area contributed by atoms with E-state index in [-0.39, 0.29) is 0 Å². The molecule has 0 spiro atoms. The summed E-state index contributed by atoms with van der Waals surface area (Å²) in [7, 11) is -4.94. The van der Waals surface area contributed by atoms with E-state index < -0.39 is 10.2 Å². The van der Waals surface area contributed by atoms with Gasteiger partial charge in [0.2, 0.25) is 0 Å². The van der Waals surface area contributed by atoms with Crippen LogP contribution in [0.15, 0.2) is 71.4 Å². The normalized spacial score (nSPS) is 10.7. The number of halogens is 1. The second-order valence-electron chi connectivity index (χ2n) is 4.98. The van der Waals surface area contributed by atoms with Gasteiger partial charge in [-0.2, -0.15) is 0 Å². The van der Waals surface area contributed by atoms with E-state index >= 15 is 0 Å². The summed E-state index contributed by atoms with van der Waals surface area (Å²) in [5.74, 6) is 0. The molecule has 0 aliphatic heterocycles. The zero-order chi connectivity index (χ0) is 18.1. The second-order valence-corrected chi connectivity index (χ2v) is 7.78. The largest absolute Gasteiger partial charge is 0.314 e. The Labute approximate surface area is 155 Å². The van der Waals surface area contributed by atoms with Crippen molar-refractivity contribution in [3.8, 4) is 0 Å². The SMILES string of the molecule is [O-][Cl+3]([O-])([O-])[O-].c1ccc(C[N+](Cc2ccccc2)=c2sccs2)cc1. The predicted octanol–water partition coefficient (Wildman–Crippen LogP) is -0.774. The van der Waals surface area contributed by atoms with Crippen LogP contribution in [0, 0.1) is 10.2 Å². The van der Waals surface area contributed by atoms with Crippen LogP contribution in [0.5, 0.6) is 0 Å². The lowest BCUT2D eigenvalue weighted by molar-refractivity contribution is -2.00. The first-order valence-electron chi connectivity index (χ1n) is 7.21. The lowest BCUT2D eigenvalue weighted by Crippen LogP contribution is -2.68. The zero-order valence-corrected chi connectivity index (χ0v) is 15.5. The molecule has 0 bridgehead atoms. The van der Waals surface area contributed by atoms with E-state index in [1.54, 1.807) is 0 Å². The van der Waals surface area contributed by atoms with Crippen molar-refractivity contribution >= 4 is 22.7 Å². The minimum atomic E-state index is -4.94. The average Bonchev–Trinajstić information content (AvgIpc) is 3.09. The maximum Gasteiger partial charge on any atom is 0.314 e. The third-order valence-corrected chi connectivity index (χ3v) is 5.30. The number of hydrogen-bond acceptors (Lipinski definition) is 6. The van der Waals surface area contributed by atoms with E-state index in [1.165, 1.54) is 15.1 Å². The van der Waals surface area contributed by atoms with Crippen LogP contribution >= 0.6 is 22.7 Å². The summed E-state index contributed by atoms with van der Waals surface area (Å²) in [6.07, 6.45) is 0. The topological polar surface area (TPSA) is 95.2 Å². The molecule has 0 amide bonds. The van der Waals surface area contributed by atoms with Gasteiger partial charge < -0.3 is 0 Å². The number of rotatable bonds is 4. The van der Waals surface area contributed by atoms with E-state index in [0.29, 0.717) is 0 Å². The molecule has 0 unspecified atom stereocenters. The van der Waals surface area contributed by atoms with Gasteiger partial charge in [0.1, 0.15) is 0 Å². The van der Waals surface area contributed by atoms with Crippen molar-refractivity contribution in [1.82, 2.24) is 4.58 Å². The van der Waals surface area contributed by atoms with Crippen LogP contribution in [0.4, 0.5) is 0 Å². The number of benzene rings is 2. The molecule has 0 fully saturated rings. The van der Waals surface area contributed by atoms with Crippen LogP contribution in [0.3, 0.4) is 0 Å². The number of hydrogen-bond donors (Lipinski definition) is 0. The molecule has 2 aromatic carbocycles. The predicted molar refractivity (Wildman–Crippen MR) is 87.8 cm³/mol. The van der Waals surface area contributed by atoms with Gasteiger partial charge in [-0.3, -0.25) is 0 Å². The fourth-order valence-electron chi connectivity index (χ4n) is 2.14. The summed E-state index contributed by atoms with van der Waals surface area (Å²) >= 11 is 3.63. The quantitative estimate of drug-likeness (QED) is 0.540. The number of nitrogens with zero attached hydrogens (tertiary/aromatic N) is 1. The van der Waals surface area contributed by atoms with Crippen LogP contribution < -0.4 is 27.2 Å². The Balaban J connectivity index is 0.000000399. The van der Waals surface area contributed by atoms with Crippen LogP contribution in [0.25, 0.3) is 0 Å². The highest BCUT2D eigenvalue weighted by molar-refractivity contribution is 7.24. The molecular weight excluding hydrogens is 382 g/mol. The molecule has 0 aliphatic carbocycles. The Morgan fingerprint density at radius 3 is 1.40 bits per heavy atom. The third-order valence-electron chi connectivity index (χ3n) is 3.08. The first-order valence-corrected chi connectivity index (χ1v) is 10.2. The first-order chi connectivity index (χ1) is 11.9. The van der Waals surface area contributed by atoms with E-state index in [2.05, 4.69) is 76.0 Å². The Bertz CT molecular complexity index is 747. The van der Waals surface area contributed by atoms with Crippen molar-refractivity contribution in [3.05, 3.63) is 86.5 Å². The lowest BCUT2D eigenvalue weighted by atomic mass is 10.2. The summed E-state index contributed by atoms with van der Waals surface area (Å²) in [4.78, 5) is 0. The second kappa shape index (κ2) is 9.79. The molecule has 8 heteroatoms. The maximum absolute atomic E-state index is 8.49. The molecule has 0 aliphatic rings. The monoisotopic (exact) mass is 397 g/mol. The van der Waals surface area contributed by atoms with E-state index in [4.69, 9.17) is 18.6 Å². The fraction of sp³-hybridized carbons (Fsp3) is 0.118. The van der Waals surface area contributed by atoms with E-state index in [1.807, 2.05) is 22.7 Å². The van der Waals surface area contributed by atoms with Crippen molar-refractivity contribution in [3.63, 3.8) is 0 Å². The van der Waals surface area contributed by atoms with Gasteiger partial charge in [0.05, 0.1) is 0 Å². The van der Waals surface area contributed by atoms with E-state index in [0.717, 1.165) is 13.1 Å². The lowest BCUT2D eigenvalue weighted by Gasteiger charge is -2.17. The van der Waals surface area contributed by atoms with Crippen molar-refractivity contribution in [2.45, 2.75) is 13.1 Å². The summed E-state index contributed by atoms with van der Waals surface area (Å²) in [5, 5.41) is 4.31. The molecule has 3 aromatic rings. The van der Waals surface area contributed by atoms with Crippen molar-refractivity contribution in [2.75, 3.05) is 0 Å². The summed E-state index contributed by atoms with van der Waals surface area (Å²) in [6, 6.07) is 21.3. The van der Waals surface area contributed by atoms with Gasteiger partial charge in [-0.05, 0) is 0 Å². The Hall–Kier alpha value is -1.58. The van der Waals surface area contributed by atoms with Gasteiger partial charge in [0.15, 0.2) is 13.1 Å². The van der Waals surface area contributed by atoms with Crippen molar-refractivity contribution in [2.24, 2.45) is 0 Å². The van der Waals surface area contributed by atoms with E-state index in [9.17, 15) is 0 Å². The molecule has 25 heavy (non-hydrogen) atoms. The first kappa shape index (κ1) is 19.7. The van der Waals surface area contributed by atoms with Crippen LogP contribution in [-0.2, 0) is 13.1 Å². The molecule has 1 heterocycles. The molecule has 0 atom stereocenters. The standard InChI is InChI=1S/C17H16NS2.ClHO4/c1-3-7-15(8-4-1)13-18(17-19-11-12-20-17)14-16-9-5-2-6-10-16;2-1(3,4)5/h1-12H,13-14H2;(H,2,3,4,5)/q+1;/p-1. The Morgan fingerprint density at radius 2 is 1.04 bits per heavy atom. The van der Waals surface area contributed by atoms with Crippen LogP contribution in [-0.4, -0.2) is 0 Å². The van der Waals surface area contributed by atoms with Gasteiger partial charge in [-0.25, -0.2) is 23.2 Å². The third kappa shape index (κ3) is 8.37. The fourth-order valence-corrected chi connectivity index (χ4v) is 3.93. The maximum atomic E-state index is 8.49. The highest BCUT2D eigenvalue weighted by Gasteiger charge is 2.10. The van der Waals surface area contributed by atoms with Crippen molar-refractivity contribution < 1.29 is 28.9 Å². The molecule has 3 rings (SSSR count). The highest BCUT2D eigenvalue weighted by atomic mass is 35.7. The van der Waals surface area contributed by atoms with Crippen LogP contribution in [0.2, 0.25) is 0 Å². The average molecular weight is 398 g/mol. The zero-order valence-electron chi connectivity index (χ0n) is 13.1. The minimum Gasteiger partial charge on any atom is -0.222 e. The smallest absolute Gasteiger partial charge is 0.222 e. The van der Waals surface area contributed by atoms with Gasteiger partial charge in [-0.1, -0.05) is 83.3 Å². The van der Waals surface area contributed by atoms with Crippen molar-refractivity contribution in [1.29, 1.82) is 0 Å². The molecule has 0 saturated heterocycles. The minimum absolute atomic E-state index is 0.951. The van der Waals surface area contributed by atoms with Gasteiger partial charge in [0, 0.05) is 21.9 Å². The van der Waals surface area contributed by atoms with Gasteiger partial charge in [0.25, 0.3) is 0 Å². The van der Waals surface area contributed by atoms with Gasteiger partial charge >= 0.3 is 3.98 Å². The Kier molecular flexibility index (Phi) is 7.73. The summed E-state index contributed by atoms with van der Waals surface area (Å²) < 4.78 is 37.8. The van der Waals surface area contributed by atoms with Crippen LogP contribution in [0.1, 0.15) is 11.1 Å². The van der Waals surface area contributed by atoms with Gasteiger partial charge in [-0.15, -0.1) is 10.2 Å². The molecule has 0 N–H and O–H groups in total. The Morgan fingerprint density at radius 1 is 0.680 bits per heavy atom.